The Morgan fingerprint density at radius 3 is 2.04 bits per heavy atom. The van der Waals surface area contributed by atoms with Crippen LogP contribution in [0.2, 0.25) is 0 Å². The van der Waals surface area contributed by atoms with Gasteiger partial charge in [0.15, 0.2) is 11.6 Å². The van der Waals surface area contributed by atoms with Gasteiger partial charge in [0.05, 0.1) is 12.2 Å². The maximum absolute atomic E-state index is 14.2. The van der Waals surface area contributed by atoms with E-state index >= 15 is 0 Å². The second-order valence-corrected chi connectivity index (χ2v) is 8.99. The van der Waals surface area contributed by atoms with Crippen molar-refractivity contribution < 1.29 is 32.6 Å². The number of ketones is 2. The number of amides is 1. The smallest absolute Gasteiger partial charge is 0.229 e. The Labute approximate surface area is 279 Å². The molecule has 10 nitrogen and oxygen atoms in total. The molecule has 46 heavy (non-hydrogen) atoms. The molecule has 0 saturated carbocycles. The summed E-state index contributed by atoms with van der Waals surface area (Å²) < 4.78 is 15.8. The number of allylic oxidation sites excluding steroid dienone is 4. The molecule has 1 heterocycles. The predicted molar refractivity (Wildman–Crippen MR) is 194 cm³/mol. The Balaban J connectivity index is -0.000000236. The highest BCUT2D eigenvalue weighted by Crippen LogP contribution is 2.31. The molecule has 1 aromatic heterocycles. The molecular formula is C35H66FN5O5. The molecule has 0 atom stereocenters. The van der Waals surface area contributed by atoms with Gasteiger partial charge in [-0.05, 0) is 37.3 Å². The lowest BCUT2D eigenvalue weighted by Gasteiger charge is -2.23. The normalized spacial score (nSPS) is 11.6. The minimum atomic E-state index is -0.542. The van der Waals surface area contributed by atoms with Crippen molar-refractivity contribution in [3.63, 3.8) is 0 Å². The number of hydrogen-bond acceptors (Lipinski definition) is 6. The quantitative estimate of drug-likeness (QED) is 0.137. The van der Waals surface area contributed by atoms with Crippen molar-refractivity contribution in [2.75, 3.05) is 6.54 Å². The van der Waals surface area contributed by atoms with Crippen LogP contribution < -0.4 is 17.1 Å². The van der Waals surface area contributed by atoms with E-state index in [0.29, 0.717) is 42.5 Å². The Hall–Kier alpha value is -3.80. The molecule has 0 bridgehead atoms. The van der Waals surface area contributed by atoms with Crippen molar-refractivity contribution in [2.45, 2.75) is 107 Å². The lowest BCUT2D eigenvalue weighted by Crippen LogP contribution is -2.29. The fourth-order valence-electron chi connectivity index (χ4n) is 3.69. The molecular weight excluding hydrogens is 589 g/mol. The van der Waals surface area contributed by atoms with Crippen molar-refractivity contribution >= 4 is 17.5 Å². The molecule has 0 spiro atoms. The van der Waals surface area contributed by atoms with Gasteiger partial charge in [-0.15, -0.1) is 0 Å². The average molecular weight is 656 g/mol. The fourth-order valence-corrected chi connectivity index (χ4v) is 3.69. The SMILES string of the molecule is C=CN=c1nc(C(=O)CCC(=C)CC/C(F)=C/CCC2=C(CN)C(=C)C2=O)cc(CC(N)=O)n1C.CC.CC.CC.CCC.O.O.[HH].[HH]. The lowest BCUT2D eigenvalue weighted by atomic mass is 9.80. The monoisotopic (exact) mass is 656 g/mol. The van der Waals surface area contributed by atoms with Crippen molar-refractivity contribution in [3.8, 4) is 0 Å². The number of Topliss-reactive ketones (excluding diaryl/α,β-unsaturated/α-hetero) is 2. The molecule has 0 aliphatic heterocycles. The number of carbonyl (C=O) groups excluding carboxylic acids is 3. The number of carbonyl (C=O) groups is 3. The summed E-state index contributed by atoms with van der Waals surface area (Å²) in [4.78, 5) is 44.1. The van der Waals surface area contributed by atoms with Crippen LogP contribution in [0.1, 0.15) is 119 Å². The van der Waals surface area contributed by atoms with Gasteiger partial charge in [-0.3, -0.25) is 14.4 Å². The van der Waals surface area contributed by atoms with Crippen LogP contribution in [0.3, 0.4) is 0 Å². The Kier molecular flexibility index (Phi) is 35.1. The molecule has 0 unspecified atom stereocenters. The molecule has 1 amide bonds. The summed E-state index contributed by atoms with van der Waals surface area (Å²) in [5, 5.41) is 0. The highest BCUT2D eigenvalue weighted by Gasteiger charge is 2.29. The third-order valence-electron chi connectivity index (χ3n) is 5.77. The predicted octanol–water partition coefficient (Wildman–Crippen LogP) is 6.16. The molecule has 11 heteroatoms. The minimum Gasteiger partial charge on any atom is -0.412 e. The van der Waals surface area contributed by atoms with E-state index in [1.165, 1.54) is 24.8 Å². The number of halogens is 1. The summed E-state index contributed by atoms with van der Waals surface area (Å²) in [5.74, 6) is -1.17. The highest BCUT2D eigenvalue weighted by molar-refractivity contribution is 6.19. The zero-order valence-corrected chi connectivity index (χ0v) is 29.8. The van der Waals surface area contributed by atoms with Crippen molar-refractivity contribution in [1.29, 1.82) is 0 Å². The zero-order valence-electron chi connectivity index (χ0n) is 29.8. The molecule has 1 aliphatic carbocycles. The number of hydrogen-bond donors (Lipinski definition) is 2. The van der Waals surface area contributed by atoms with Crippen LogP contribution in [-0.4, -0.2) is 44.5 Å². The van der Waals surface area contributed by atoms with Gasteiger partial charge in [0, 0.05) is 52.3 Å². The van der Waals surface area contributed by atoms with E-state index in [9.17, 15) is 18.8 Å². The molecule has 1 aromatic rings. The van der Waals surface area contributed by atoms with E-state index in [1.54, 1.807) is 11.6 Å². The number of nitrogens with zero attached hydrogens (tertiary/aromatic N) is 3. The summed E-state index contributed by atoms with van der Waals surface area (Å²) in [6, 6.07) is 1.52. The van der Waals surface area contributed by atoms with Crippen LogP contribution >= 0.6 is 0 Å². The van der Waals surface area contributed by atoms with Gasteiger partial charge in [0.25, 0.3) is 0 Å². The van der Waals surface area contributed by atoms with Gasteiger partial charge in [0.1, 0.15) is 5.69 Å². The number of nitrogens with two attached hydrogens (primary N) is 2. The third kappa shape index (κ3) is 18.9. The Morgan fingerprint density at radius 2 is 1.57 bits per heavy atom. The van der Waals surface area contributed by atoms with Crippen molar-refractivity contribution in [2.24, 2.45) is 23.5 Å². The van der Waals surface area contributed by atoms with Gasteiger partial charge in [-0.1, -0.05) is 93.2 Å². The molecule has 0 fully saturated rings. The molecule has 268 valence electrons. The van der Waals surface area contributed by atoms with E-state index in [-0.39, 0.29) is 68.3 Å². The summed E-state index contributed by atoms with van der Waals surface area (Å²) in [6.45, 7) is 27.7. The summed E-state index contributed by atoms with van der Waals surface area (Å²) in [5.41, 5.74) is 14.4. The molecule has 1 aliphatic rings. The maximum Gasteiger partial charge on any atom is 0.229 e. The molecule has 0 aromatic carbocycles. The molecule has 8 N–H and O–H groups in total. The van der Waals surface area contributed by atoms with Crippen LogP contribution in [0.15, 0.2) is 71.2 Å². The number of primary amides is 1. The van der Waals surface area contributed by atoms with E-state index in [0.717, 1.165) is 11.1 Å². The summed E-state index contributed by atoms with van der Waals surface area (Å²) in [7, 11) is 1.67. The molecule has 0 radical (unpaired) electrons. The first-order valence-corrected chi connectivity index (χ1v) is 15.7. The molecule has 2 rings (SSSR count). The van der Waals surface area contributed by atoms with Gasteiger partial charge < -0.3 is 27.0 Å². The zero-order chi connectivity index (χ0) is 34.8. The van der Waals surface area contributed by atoms with Crippen LogP contribution in [0.5, 0.6) is 0 Å². The largest absolute Gasteiger partial charge is 0.412 e. The average Bonchev–Trinajstić information content (AvgIpc) is 3.03. The van der Waals surface area contributed by atoms with Crippen LogP contribution in [0.4, 0.5) is 4.39 Å². The van der Waals surface area contributed by atoms with Crippen LogP contribution in [0, 0.1) is 0 Å². The third-order valence-corrected chi connectivity index (χ3v) is 5.77. The van der Waals surface area contributed by atoms with E-state index in [2.05, 4.69) is 43.6 Å². The summed E-state index contributed by atoms with van der Waals surface area (Å²) >= 11 is 0. The van der Waals surface area contributed by atoms with E-state index < -0.39 is 5.91 Å². The molecule has 0 saturated heterocycles. The van der Waals surface area contributed by atoms with Crippen LogP contribution in [-0.2, 0) is 23.1 Å². The first-order chi connectivity index (χ1) is 21.0. The minimum absolute atomic E-state index is 0. The summed E-state index contributed by atoms with van der Waals surface area (Å²) in [6.07, 6.45) is 5.85. The highest BCUT2D eigenvalue weighted by atomic mass is 19.1. The maximum atomic E-state index is 14.2. The second-order valence-electron chi connectivity index (χ2n) is 8.99. The van der Waals surface area contributed by atoms with Gasteiger partial charge in [0.2, 0.25) is 11.5 Å². The Morgan fingerprint density at radius 1 is 1.04 bits per heavy atom. The van der Waals surface area contributed by atoms with Gasteiger partial charge >= 0.3 is 0 Å². The van der Waals surface area contributed by atoms with Crippen molar-refractivity contribution in [3.05, 3.63) is 83.2 Å². The number of rotatable bonds is 14. The Bertz CT molecular complexity index is 1240. The van der Waals surface area contributed by atoms with E-state index in [1.807, 2.05) is 41.5 Å². The first kappa shape index (κ1) is 51.8. The first-order valence-electron chi connectivity index (χ1n) is 15.7. The van der Waals surface area contributed by atoms with Gasteiger partial charge in [-0.2, -0.15) is 0 Å². The van der Waals surface area contributed by atoms with E-state index in [4.69, 9.17) is 11.5 Å². The van der Waals surface area contributed by atoms with Crippen molar-refractivity contribution in [1.82, 2.24) is 9.55 Å². The van der Waals surface area contributed by atoms with Gasteiger partial charge in [-0.25, -0.2) is 14.4 Å². The standard InChI is InChI=1S/C26H32FN5O3.C3H8.3C2H6.2H2O.2H2/c1-5-30-26-31-22(13-19(32(26)4)14-24(29)34)23(33)12-10-16(2)9-11-18(27)7-6-8-20-21(15-28)17(3)25(20)35;1-3-2;3*1-2;;;;/h5,7,13H,1-3,6,8-12,14-15,28H2,4H3,(H2,29,34);3H2,1-2H3;3*1-2H3;2*1H2;2*1H/b18-7-,30-26?;;;;;;;;. The fraction of sp³-hybridized carbons (Fsp3) is 0.514. The van der Waals surface area contributed by atoms with Crippen LogP contribution in [0.25, 0.3) is 0 Å². The lowest BCUT2D eigenvalue weighted by molar-refractivity contribution is -0.117. The number of aromatic nitrogens is 2. The second kappa shape index (κ2) is 31.2. The topological polar surface area (TPSA) is 196 Å².